The van der Waals surface area contributed by atoms with Gasteiger partial charge in [-0.25, -0.2) is 0 Å². The molecule has 1 atom stereocenters. The number of rotatable bonds is 22. The molecule has 2 aliphatic heterocycles. The van der Waals surface area contributed by atoms with E-state index in [0.29, 0.717) is 71.7 Å². The molecule has 0 bridgehead atoms. The SMILES string of the molecule is CCCCCCOCCOCCOCCOCCOCCNc1cccc2c1C(=O)N(C1CCC(=O)NC1=O)C2=O. The predicted octanol–water partition coefficient (Wildman–Crippen LogP) is 2.16. The maximum Gasteiger partial charge on any atom is 0.264 e. The molecule has 1 fully saturated rings. The normalized spacial score (nSPS) is 16.8. The van der Waals surface area contributed by atoms with Gasteiger partial charge in [0.2, 0.25) is 11.8 Å². The number of hydrogen-bond donors (Lipinski definition) is 2. The van der Waals surface area contributed by atoms with Crippen LogP contribution in [0.4, 0.5) is 5.69 Å². The molecular weight excluding hydrogens is 534 g/mol. The van der Waals surface area contributed by atoms with Crippen molar-refractivity contribution in [2.24, 2.45) is 0 Å². The van der Waals surface area contributed by atoms with Crippen LogP contribution in [0, 0.1) is 0 Å². The minimum absolute atomic E-state index is 0.0769. The molecule has 2 aliphatic rings. The van der Waals surface area contributed by atoms with Gasteiger partial charge in [-0.05, 0) is 25.0 Å². The summed E-state index contributed by atoms with van der Waals surface area (Å²) >= 11 is 0. The van der Waals surface area contributed by atoms with Gasteiger partial charge in [0.1, 0.15) is 6.04 Å². The van der Waals surface area contributed by atoms with Gasteiger partial charge in [-0.1, -0.05) is 32.3 Å². The minimum Gasteiger partial charge on any atom is -0.382 e. The van der Waals surface area contributed by atoms with E-state index >= 15 is 0 Å². The van der Waals surface area contributed by atoms with Crippen LogP contribution in [0.3, 0.4) is 0 Å². The topological polar surface area (TPSA) is 142 Å². The van der Waals surface area contributed by atoms with Crippen LogP contribution in [0.5, 0.6) is 0 Å². The largest absolute Gasteiger partial charge is 0.382 e. The third-order valence-electron chi connectivity index (χ3n) is 6.66. The number of nitrogens with zero attached hydrogens (tertiary/aromatic N) is 1. The highest BCUT2D eigenvalue weighted by atomic mass is 16.6. The number of anilines is 1. The molecule has 2 heterocycles. The van der Waals surface area contributed by atoms with Gasteiger partial charge in [0.25, 0.3) is 11.8 Å². The van der Waals surface area contributed by atoms with Gasteiger partial charge in [-0.2, -0.15) is 0 Å². The summed E-state index contributed by atoms with van der Waals surface area (Å²) in [4.78, 5) is 50.7. The zero-order valence-electron chi connectivity index (χ0n) is 24.0. The predicted molar refractivity (Wildman–Crippen MR) is 150 cm³/mol. The molecule has 0 aromatic heterocycles. The summed E-state index contributed by atoms with van der Waals surface area (Å²) < 4.78 is 27.5. The van der Waals surface area contributed by atoms with Crippen LogP contribution >= 0.6 is 0 Å². The molecule has 2 N–H and O–H groups in total. The number of unbranched alkanes of at least 4 members (excludes halogenated alkanes) is 3. The third-order valence-corrected chi connectivity index (χ3v) is 6.66. The van der Waals surface area contributed by atoms with E-state index in [0.717, 1.165) is 17.9 Å². The Morgan fingerprint density at radius 2 is 1.39 bits per heavy atom. The van der Waals surface area contributed by atoms with Crippen LogP contribution < -0.4 is 10.6 Å². The summed E-state index contributed by atoms with van der Waals surface area (Å²) in [5, 5.41) is 5.33. The van der Waals surface area contributed by atoms with Crippen LogP contribution in [0.15, 0.2) is 18.2 Å². The highest BCUT2D eigenvalue weighted by Gasteiger charge is 2.45. The molecule has 1 aromatic carbocycles. The molecule has 0 spiro atoms. The molecule has 41 heavy (non-hydrogen) atoms. The lowest BCUT2D eigenvalue weighted by atomic mass is 10.0. The number of carbonyl (C=O) groups is 4. The highest BCUT2D eigenvalue weighted by molar-refractivity contribution is 6.25. The van der Waals surface area contributed by atoms with Crippen LogP contribution in [0.2, 0.25) is 0 Å². The van der Waals surface area contributed by atoms with Crippen molar-refractivity contribution in [3.05, 3.63) is 29.3 Å². The summed E-state index contributed by atoms with van der Waals surface area (Å²) in [6, 6.07) is 3.94. The minimum atomic E-state index is -0.996. The Labute approximate surface area is 241 Å². The molecule has 3 rings (SSSR count). The van der Waals surface area contributed by atoms with Crippen molar-refractivity contribution in [3.8, 4) is 0 Å². The zero-order chi connectivity index (χ0) is 29.3. The van der Waals surface area contributed by atoms with Crippen molar-refractivity contribution >= 4 is 29.3 Å². The smallest absolute Gasteiger partial charge is 0.264 e. The van der Waals surface area contributed by atoms with E-state index < -0.39 is 29.7 Å². The molecule has 12 nitrogen and oxygen atoms in total. The number of carbonyl (C=O) groups excluding carboxylic acids is 4. The fraction of sp³-hybridized carbons (Fsp3) is 0.655. The van der Waals surface area contributed by atoms with Gasteiger partial charge in [-0.15, -0.1) is 0 Å². The van der Waals surface area contributed by atoms with E-state index in [9.17, 15) is 19.2 Å². The second-order valence-electron chi connectivity index (χ2n) is 9.72. The number of ether oxygens (including phenoxy) is 5. The first kappa shape index (κ1) is 32.6. The fourth-order valence-electron chi connectivity index (χ4n) is 4.53. The lowest BCUT2D eigenvalue weighted by Gasteiger charge is -2.27. The van der Waals surface area contributed by atoms with Crippen molar-refractivity contribution in [1.29, 1.82) is 0 Å². The van der Waals surface area contributed by atoms with Gasteiger partial charge < -0.3 is 29.0 Å². The first-order chi connectivity index (χ1) is 20.0. The van der Waals surface area contributed by atoms with Crippen LogP contribution in [-0.2, 0) is 33.3 Å². The van der Waals surface area contributed by atoms with E-state index in [2.05, 4.69) is 17.6 Å². The van der Waals surface area contributed by atoms with Crippen molar-refractivity contribution in [2.75, 3.05) is 77.9 Å². The Hall–Kier alpha value is -2.90. The number of amides is 4. The second-order valence-corrected chi connectivity index (χ2v) is 9.72. The van der Waals surface area contributed by atoms with Crippen molar-refractivity contribution in [3.63, 3.8) is 0 Å². The number of piperidine rings is 1. The van der Waals surface area contributed by atoms with E-state index in [1.807, 2.05) is 0 Å². The lowest BCUT2D eigenvalue weighted by Crippen LogP contribution is -2.54. The van der Waals surface area contributed by atoms with Gasteiger partial charge >= 0.3 is 0 Å². The van der Waals surface area contributed by atoms with Crippen molar-refractivity contribution in [1.82, 2.24) is 10.2 Å². The first-order valence-electron chi connectivity index (χ1n) is 14.5. The molecule has 4 amide bonds. The van der Waals surface area contributed by atoms with Gasteiger partial charge in [0.15, 0.2) is 0 Å². The van der Waals surface area contributed by atoms with Crippen molar-refractivity contribution in [2.45, 2.75) is 51.5 Å². The molecule has 1 aromatic rings. The molecule has 0 aliphatic carbocycles. The highest BCUT2D eigenvalue weighted by Crippen LogP contribution is 2.32. The van der Waals surface area contributed by atoms with E-state index in [4.69, 9.17) is 23.7 Å². The fourth-order valence-corrected chi connectivity index (χ4v) is 4.53. The second kappa shape index (κ2) is 18.5. The summed E-state index contributed by atoms with van der Waals surface area (Å²) in [6.07, 6.45) is 5.00. The average molecular weight is 578 g/mol. The van der Waals surface area contributed by atoms with Gasteiger partial charge in [0.05, 0.1) is 70.6 Å². The third kappa shape index (κ3) is 10.5. The molecular formula is C29H43N3O9. The number of imide groups is 2. The Morgan fingerprint density at radius 3 is 2.00 bits per heavy atom. The van der Waals surface area contributed by atoms with Crippen molar-refractivity contribution < 1.29 is 42.9 Å². The molecule has 1 saturated heterocycles. The quantitative estimate of drug-likeness (QED) is 0.156. The Kier molecular flexibility index (Phi) is 14.7. The van der Waals surface area contributed by atoms with Gasteiger partial charge in [-0.3, -0.25) is 29.4 Å². The maximum absolute atomic E-state index is 13.1. The number of hydrogen-bond acceptors (Lipinski definition) is 10. The monoisotopic (exact) mass is 577 g/mol. The number of nitrogens with one attached hydrogen (secondary N) is 2. The van der Waals surface area contributed by atoms with Crippen LogP contribution in [0.1, 0.15) is 66.2 Å². The Morgan fingerprint density at radius 1 is 0.780 bits per heavy atom. The summed E-state index contributed by atoms with van der Waals surface area (Å²) in [5.74, 6) is -2.12. The van der Waals surface area contributed by atoms with E-state index in [-0.39, 0.29) is 24.0 Å². The van der Waals surface area contributed by atoms with E-state index in [1.54, 1.807) is 18.2 Å². The number of fused-ring (bicyclic) bond motifs is 1. The summed E-state index contributed by atoms with van der Waals surface area (Å²) in [5.41, 5.74) is 0.948. The molecule has 228 valence electrons. The average Bonchev–Trinajstić information content (AvgIpc) is 3.22. The van der Waals surface area contributed by atoms with Crippen LogP contribution in [0.25, 0.3) is 0 Å². The maximum atomic E-state index is 13.1. The molecule has 0 radical (unpaired) electrons. The summed E-state index contributed by atoms with van der Waals surface area (Å²) in [7, 11) is 0. The Bertz CT molecular complexity index is 1000. The molecule has 1 unspecified atom stereocenters. The zero-order valence-corrected chi connectivity index (χ0v) is 24.0. The number of benzene rings is 1. The van der Waals surface area contributed by atoms with Gasteiger partial charge in [0, 0.05) is 25.3 Å². The standard InChI is InChI=1S/C29H43N3O9/c1-2-3-4-5-12-37-14-16-39-18-20-41-21-19-40-17-15-38-13-11-30-23-8-6-7-22-26(23)29(36)32(28(22)35)24-9-10-25(33)31-27(24)34/h6-8,24,30H,2-5,9-21H2,1H3,(H,31,33,34). The summed E-state index contributed by atoms with van der Waals surface area (Å²) in [6.45, 7) is 7.71. The molecule has 12 heteroatoms. The Balaban J connectivity index is 1.19. The lowest BCUT2D eigenvalue weighted by molar-refractivity contribution is -0.136. The molecule has 0 saturated carbocycles. The van der Waals surface area contributed by atoms with E-state index in [1.165, 1.54) is 19.3 Å². The van der Waals surface area contributed by atoms with Crippen LogP contribution in [-0.4, -0.2) is 107 Å². The first-order valence-corrected chi connectivity index (χ1v) is 14.5.